The molecule has 1 N–H and O–H groups in total. The monoisotopic (exact) mass is 359 g/mol. The van der Waals surface area contributed by atoms with Gasteiger partial charge in [0, 0.05) is 19.0 Å². The van der Waals surface area contributed by atoms with Gasteiger partial charge in [0.2, 0.25) is 0 Å². The fraction of sp³-hybridized carbons (Fsp3) is 0.682. The number of aryl methyl sites for hydroxylation is 1. The largest absolute Gasteiger partial charge is 0.444 e. The zero-order chi connectivity index (χ0) is 19.3. The molecule has 1 spiro atoms. The van der Waals surface area contributed by atoms with E-state index >= 15 is 0 Å². The van der Waals surface area contributed by atoms with Gasteiger partial charge in [0.25, 0.3) is 0 Å². The Hall–Kier alpha value is -1.55. The number of rotatable bonds is 1. The van der Waals surface area contributed by atoms with Gasteiger partial charge < -0.3 is 14.7 Å². The number of fused-ring (bicyclic) bond motifs is 2. The van der Waals surface area contributed by atoms with Gasteiger partial charge in [-0.25, -0.2) is 4.79 Å². The Balaban J connectivity index is 1.82. The lowest BCUT2D eigenvalue weighted by Gasteiger charge is -2.41. The first-order valence-corrected chi connectivity index (χ1v) is 9.73. The smallest absolute Gasteiger partial charge is 0.410 e. The van der Waals surface area contributed by atoms with Crippen LogP contribution in [0.25, 0.3) is 0 Å². The van der Waals surface area contributed by atoms with Crippen LogP contribution in [0.5, 0.6) is 0 Å². The van der Waals surface area contributed by atoms with Gasteiger partial charge in [-0.3, -0.25) is 0 Å². The molecule has 1 aromatic carbocycles. The Bertz CT molecular complexity index is 688. The molecule has 1 aliphatic carbocycles. The van der Waals surface area contributed by atoms with E-state index in [4.69, 9.17) is 4.74 Å². The van der Waals surface area contributed by atoms with Crippen molar-refractivity contribution in [1.29, 1.82) is 0 Å². The second-order valence-electron chi connectivity index (χ2n) is 9.75. The maximum Gasteiger partial charge on any atom is 0.410 e. The van der Waals surface area contributed by atoms with Gasteiger partial charge in [-0.1, -0.05) is 23.8 Å². The highest BCUT2D eigenvalue weighted by atomic mass is 16.6. The highest BCUT2D eigenvalue weighted by Gasteiger charge is 2.49. The lowest BCUT2D eigenvalue weighted by molar-refractivity contribution is 0.0119. The normalized spacial score (nSPS) is 22.4. The highest BCUT2D eigenvalue weighted by molar-refractivity contribution is 5.68. The topological polar surface area (TPSA) is 49.8 Å². The highest BCUT2D eigenvalue weighted by Crippen LogP contribution is 2.54. The van der Waals surface area contributed by atoms with Crippen LogP contribution < -0.4 is 0 Å². The number of benzene rings is 1. The van der Waals surface area contributed by atoms with Crippen LogP contribution in [0.1, 0.15) is 76.5 Å². The van der Waals surface area contributed by atoms with Crippen molar-refractivity contribution < 1.29 is 14.6 Å². The van der Waals surface area contributed by atoms with E-state index in [0.717, 1.165) is 19.3 Å². The molecule has 1 heterocycles. The molecule has 2 aliphatic rings. The first-order valence-electron chi connectivity index (χ1n) is 9.73. The first-order chi connectivity index (χ1) is 11.9. The number of likely N-dealkylation sites (tertiary alicyclic amines) is 1. The van der Waals surface area contributed by atoms with Crippen molar-refractivity contribution in [3.63, 3.8) is 0 Å². The van der Waals surface area contributed by atoms with Gasteiger partial charge >= 0.3 is 6.09 Å². The second-order valence-corrected chi connectivity index (χ2v) is 9.75. The van der Waals surface area contributed by atoms with E-state index in [1.807, 2.05) is 39.5 Å². The molecule has 0 radical (unpaired) electrons. The minimum atomic E-state index is -0.742. The Morgan fingerprint density at radius 3 is 2.35 bits per heavy atom. The van der Waals surface area contributed by atoms with Gasteiger partial charge in [0.15, 0.2) is 0 Å². The summed E-state index contributed by atoms with van der Waals surface area (Å²) in [4.78, 5) is 14.2. The number of nitrogens with zero attached hydrogens (tertiary/aromatic N) is 1. The molecule has 1 amide bonds. The van der Waals surface area contributed by atoms with Gasteiger partial charge in [-0.15, -0.1) is 0 Å². The van der Waals surface area contributed by atoms with Crippen molar-refractivity contribution in [2.24, 2.45) is 0 Å². The molecule has 1 saturated heterocycles. The summed E-state index contributed by atoms with van der Waals surface area (Å²) in [6.07, 6.45) is 2.59. The van der Waals surface area contributed by atoms with Crippen LogP contribution in [0.15, 0.2) is 18.2 Å². The van der Waals surface area contributed by atoms with E-state index in [1.54, 1.807) is 0 Å². The number of hydrogen-bond donors (Lipinski definition) is 1. The molecule has 144 valence electrons. The SMILES string of the molecule is Cc1ccc2c(c1)C(C(C)(C)O)CC21CCN(C(=O)OC(C)(C)C)CC1. The third-order valence-corrected chi connectivity index (χ3v) is 5.97. The van der Waals surface area contributed by atoms with Crippen LogP contribution in [0, 0.1) is 6.92 Å². The molecule has 4 heteroatoms. The van der Waals surface area contributed by atoms with Crippen LogP contribution >= 0.6 is 0 Å². The number of aliphatic hydroxyl groups is 1. The molecular weight excluding hydrogens is 326 g/mol. The van der Waals surface area contributed by atoms with E-state index in [0.29, 0.717) is 13.1 Å². The first kappa shape index (κ1) is 19.2. The summed E-state index contributed by atoms with van der Waals surface area (Å²) in [5.74, 6) is 0.144. The lowest BCUT2D eigenvalue weighted by Crippen LogP contribution is -2.46. The number of carbonyl (C=O) groups is 1. The minimum absolute atomic E-state index is 0.0617. The second kappa shape index (κ2) is 6.26. The third kappa shape index (κ3) is 3.62. The van der Waals surface area contributed by atoms with E-state index < -0.39 is 11.2 Å². The number of carbonyl (C=O) groups excluding carboxylic acids is 1. The molecule has 1 fully saturated rings. The third-order valence-electron chi connectivity index (χ3n) is 5.97. The average molecular weight is 360 g/mol. The summed E-state index contributed by atoms with van der Waals surface area (Å²) in [6, 6.07) is 6.67. The summed E-state index contributed by atoms with van der Waals surface area (Å²) in [7, 11) is 0. The Morgan fingerprint density at radius 2 is 1.81 bits per heavy atom. The van der Waals surface area contributed by atoms with Crippen molar-refractivity contribution in [2.45, 2.75) is 83.3 Å². The maximum atomic E-state index is 12.4. The number of hydrogen-bond acceptors (Lipinski definition) is 3. The molecule has 0 aromatic heterocycles. The van der Waals surface area contributed by atoms with E-state index in [1.165, 1.54) is 16.7 Å². The quantitative estimate of drug-likeness (QED) is 0.802. The van der Waals surface area contributed by atoms with E-state index in [-0.39, 0.29) is 17.4 Å². The van der Waals surface area contributed by atoms with Gasteiger partial charge in [-0.05, 0) is 77.3 Å². The van der Waals surface area contributed by atoms with Crippen LogP contribution in [-0.2, 0) is 10.2 Å². The van der Waals surface area contributed by atoms with E-state index in [2.05, 4.69) is 25.1 Å². The number of amides is 1. The minimum Gasteiger partial charge on any atom is -0.444 e. The Morgan fingerprint density at radius 1 is 1.19 bits per heavy atom. The van der Waals surface area contributed by atoms with Crippen LogP contribution in [0.4, 0.5) is 4.79 Å². The van der Waals surface area contributed by atoms with Crippen molar-refractivity contribution in [2.75, 3.05) is 13.1 Å². The summed E-state index contributed by atoms with van der Waals surface area (Å²) in [6.45, 7) is 13.1. The standard InChI is InChI=1S/C22H33NO3/c1-15-7-8-17-16(13-15)18(21(5,6)25)14-22(17)9-11-23(12-10-22)19(24)26-20(2,3)4/h7-8,13,18,25H,9-12,14H2,1-6H3. The fourth-order valence-electron chi connectivity index (χ4n) is 4.61. The van der Waals surface area contributed by atoms with Gasteiger partial charge in [0.05, 0.1) is 5.60 Å². The molecule has 1 aromatic rings. The molecule has 3 rings (SSSR count). The summed E-state index contributed by atoms with van der Waals surface area (Å²) >= 11 is 0. The van der Waals surface area contributed by atoms with Crippen LogP contribution in [0.3, 0.4) is 0 Å². The number of piperidine rings is 1. The van der Waals surface area contributed by atoms with E-state index in [9.17, 15) is 9.90 Å². The molecule has 1 atom stereocenters. The predicted octanol–water partition coefficient (Wildman–Crippen LogP) is 4.52. The van der Waals surface area contributed by atoms with Crippen molar-refractivity contribution in [1.82, 2.24) is 4.90 Å². The van der Waals surface area contributed by atoms with Gasteiger partial charge in [-0.2, -0.15) is 0 Å². The Kier molecular flexibility index (Phi) is 4.63. The summed E-state index contributed by atoms with van der Waals surface area (Å²) in [5, 5.41) is 10.8. The number of ether oxygens (including phenoxy) is 1. The molecular formula is C22H33NO3. The fourth-order valence-corrected chi connectivity index (χ4v) is 4.61. The molecule has 1 aliphatic heterocycles. The average Bonchev–Trinajstić information content (AvgIpc) is 2.80. The summed E-state index contributed by atoms with van der Waals surface area (Å²) < 4.78 is 5.54. The lowest BCUT2D eigenvalue weighted by atomic mass is 9.72. The van der Waals surface area contributed by atoms with Crippen molar-refractivity contribution in [3.8, 4) is 0 Å². The maximum absolute atomic E-state index is 12.4. The molecule has 1 unspecified atom stereocenters. The zero-order valence-corrected chi connectivity index (χ0v) is 17.1. The van der Waals surface area contributed by atoms with Crippen LogP contribution in [-0.4, -0.2) is 40.4 Å². The molecule has 26 heavy (non-hydrogen) atoms. The molecule has 4 nitrogen and oxygen atoms in total. The van der Waals surface area contributed by atoms with Crippen molar-refractivity contribution in [3.05, 3.63) is 34.9 Å². The molecule has 0 bridgehead atoms. The van der Waals surface area contributed by atoms with Gasteiger partial charge in [0.1, 0.15) is 5.60 Å². The Labute approximate surface area is 157 Å². The van der Waals surface area contributed by atoms with Crippen molar-refractivity contribution >= 4 is 6.09 Å². The molecule has 0 saturated carbocycles. The van der Waals surface area contributed by atoms with Crippen LogP contribution in [0.2, 0.25) is 0 Å². The predicted molar refractivity (Wildman–Crippen MR) is 104 cm³/mol. The summed E-state index contributed by atoms with van der Waals surface area (Å²) in [5.41, 5.74) is 2.76. The zero-order valence-electron chi connectivity index (χ0n) is 17.1.